The molecule has 0 aliphatic carbocycles. The number of nitrogens with zero attached hydrogens (tertiary/aromatic N) is 4. The Morgan fingerprint density at radius 3 is 2.54 bits per heavy atom. The first-order valence-electron chi connectivity index (χ1n) is 11.3. The number of carbonyl (C=O) groups excluding carboxylic acids is 1. The normalized spacial score (nSPS) is 11.2. The van der Waals surface area contributed by atoms with Gasteiger partial charge in [0.25, 0.3) is 5.56 Å². The Hall–Kier alpha value is -4.15. The molecule has 11 nitrogen and oxygen atoms in total. The Labute approximate surface area is 200 Å². The minimum atomic E-state index is -0.549. The number of carbonyl (C=O) groups is 1. The van der Waals surface area contributed by atoms with Crippen molar-refractivity contribution in [2.24, 2.45) is 7.05 Å². The third-order valence-corrected chi connectivity index (χ3v) is 5.83. The van der Waals surface area contributed by atoms with Gasteiger partial charge in [-0.1, -0.05) is 18.5 Å². The number of unbranched alkanes of at least 4 members (excludes halogenated alkanes) is 1. The zero-order valence-corrected chi connectivity index (χ0v) is 20.1. The average Bonchev–Trinajstić information content (AvgIpc) is 3.34. The lowest BCUT2D eigenvalue weighted by Crippen LogP contribution is -2.31. The molecule has 3 aromatic heterocycles. The summed E-state index contributed by atoms with van der Waals surface area (Å²) >= 11 is 0. The molecule has 0 unspecified atom stereocenters. The number of ether oxygens (including phenoxy) is 2. The van der Waals surface area contributed by atoms with E-state index in [9.17, 15) is 14.4 Å². The quantitative estimate of drug-likeness (QED) is 0.361. The zero-order chi connectivity index (χ0) is 25.1. The van der Waals surface area contributed by atoms with Crippen LogP contribution in [0.3, 0.4) is 0 Å². The van der Waals surface area contributed by atoms with Crippen molar-refractivity contribution in [3.05, 3.63) is 73.5 Å². The van der Waals surface area contributed by atoms with E-state index in [-0.39, 0.29) is 17.8 Å². The van der Waals surface area contributed by atoms with E-state index in [4.69, 9.17) is 14.0 Å². The predicted octanol–water partition coefficient (Wildman–Crippen LogP) is 2.76. The van der Waals surface area contributed by atoms with Crippen molar-refractivity contribution in [1.29, 1.82) is 0 Å². The standard InChI is InChI=1S/C24H27N5O6/c1-5-6-11-29-21-20(22(30)26-24(29)32)28(4)19(25-21)13-34-23(31)16-7-9-17(10-8-16)33-12-18-14(2)27-35-15(18)3/h7-10H,5-6,11-13H2,1-4H3,(H,26,30,32). The minimum Gasteiger partial charge on any atom is -0.489 e. The first-order valence-corrected chi connectivity index (χ1v) is 11.3. The molecule has 0 bridgehead atoms. The summed E-state index contributed by atoms with van der Waals surface area (Å²) in [6.45, 7) is 6.26. The third kappa shape index (κ3) is 4.88. The maximum Gasteiger partial charge on any atom is 0.338 e. The van der Waals surface area contributed by atoms with Gasteiger partial charge in [0.15, 0.2) is 11.2 Å². The van der Waals surface area contributed by atoms with Crippen molar-refractivity contribution in [3.8, 4) is 5.75 Å². The Balaban J connectivity index is 1.45. The number of hydrogen-bond donors (Lipinski definition) is 1. The number of rotatable bonds is 9. The lowest BCUT2D eigenvalue weighted by atomic mass is 10.2. The Morgan fingerprint density at radius 2 is 1.89 bits per heavy atom. The molecule has 0 saturated carbocycles. The first kappa shape index (κ1) is 24.0. The summed E-state index contributed by atoms with van der Waals surface area (Å²) in [6.07, 6.45) is 1.65. The van der Waals surface area contributed by atoms with Crippen LogP contribution in [-0.2, 0) is 31.5 Å². The van der Waals surface area contributed by atoms with Crippen LogP contribution in [0.25, 0.3) is 11.2 Å². The summed E-state index contributed by atoms with van der Waals surface area (Å²) in [5, 5.41) is 3.90. The summed E-state index contributed by atoms with van der Waals surface area (Å²) in [6, 6.07) is 6.56. The van der Waals surface area contributed by atoms with Crippen LogP contribution in [0.15, 0.2) is 38.4 Å². The largest absolute Gasteiger partial charge is 0.489 e. The highest BCUT2D eigenvalue weighted by Crippen LogP contribution is 2.19. The fourth-order valence-electron chi connectivity index (χ4n) is 3.71. The SMILES string of the molecule is CCCCn1c(=O)[nH]c(=O)c2c1nc(COC(=O)c1ccc(OCc3c(C)noc3C)cc1)n2C. The molecule has 0 atom stereocenters. The first-order chi connectivity index (χ1) is 16.8. The Morgan fingerprint density at radius 1 is 1.14 bits per heavy atom. The molecule has 4 aromatic rings. The van der Waals surface area contributed by atoms with Crippen molar-refractivity contribution in [2.75, 3.05) is 0 Å². The summed E-state index contributed by atoms with van der Waals surface area (Å²) < 4.78 is 19.3. The van der Waals surface area contributed by atoms with Crippen LogP contribution < -0.4 is 16.0 Å². The van der Waals surface area contributed by atoms with Gasteiger partial charge in [0.05, 0.1) is 16.8 Å². The molecular weight excluding hydrogens is 454 g/mol. The highest BCUT2D eigenvalue weighted by molar-refractivity contribution is 5.89. The van der Waals surface area contributed by atoms with Crippen molar-refractivity contribution in [3.63, 3.8) is 0 Å². The van der Waals surface area contributed by atoms with Crippen molar-refractivity contribution in [2.45, 2.75) is 53.4 Å². The van der Waals surface area contributed by atoms with Gasteiger partial charge in [0, 0.05) is 13.6 Å². The number of aromatic amines is 1. The summed E-state index contributed by atoms with van der Waals surface area (Å²) in [7, 11) is 1.65. The molecule has 1 N–H and O–H groups in total. The van der Waals surface area contributed by atoms with Crippen LogP contribution in [0.4, 0.5) is 0 Å². The number of esters is 1. The Kier molecular flexibility index (Phi) is 6.85. The number of aryl methyl sites for hydroxylation is 4. The molecule has 3 heterocycles. The van der Waals surface area contributed by atoms with E-state index in [1.165, 1.54) is 9.13 Å². The maximum atomic E-state index is 12.6. The molecule has 0 saturated heterocycles. The van der Waals surface area contributed by atoms with E-state index in [0.717, 1.165) is 24.1 Å². The highest BCUT2D eigenvalue weighted by atomic mass is 16.5. The molecule has 1 aromatic carbocycles. The van der Waals surface area contributed by atoms with Gasteiger partial charge < -0.3 is 18.6 Å². The smallest absolute Gasteiger partial charge is 0.338 e. The van der Waals surface area contributed by atoms with E-state index >= 15 is 0 Å². The van der Waals surface area contributed by atoms with E-state index in [2.05, 4.69) is 15.1 Å². The second kappa shape index (κ2) is 10.00. The fraction of sp³-hybridized carbons (Fsp3) is 0.375. The molecule has 0 aliphatic rings. The van der Waals surface area contributed by atoms with Crippen LogP contribution in [0, 0.1) is 13.8 Å². The molecular formula is C24H27N5O6. The molecule has 0 fully saturated rings. The highest BCUT2D eigenvalue weighted by Gasteiger charge is 2.18. The lowest BCUT2D eigenvalue weighted by molar-refractivity contribution is 0.0459. The molecule has 0 amide bonds. The van der Waals surface area contributed by atoms with Crippen LogP contribution in [-0.4, -0.2) is 30.2 Å². The number of imidazole rings is 1. The van der Waals surface area contributed by atoms with E-state index in [0.29, 0.717) is 36.0 Å². The second-order valence-electron chi connectivity index (χ2n) is 8.22. The zero-order valence-electron chi connectivity index (χ0n) is 20.1. The number of aromatic nitrogens is 5. The van der Waals surface area contributed by atoms with Gasteiger partial charge in [-0.2, -0.15) is 0 Å². The number of fused-ring (bicyclic) bond motifs is 1. The number of hydrogen-bond acceptors (Lipinski definition) is 8. The lowest BCUT2D eigenvalue weighted by Gasteiger charge is -2.08. The fourth-order valence-corrected chi connectivity index (χ4v) is 3.71. The van der Waals surface area contributed by atoms with Gasteiger partial charge in [-0.05, 0) is 44.5 Å². The Bertz CT molecular complexity index is 1460. The average molecular weight is 482 g/mol. The van der Waals surface area contributed by atoms with Crippen molar-refractivity contribution >= 4 is 17.1 Å². The van der Waals surface area contributed by atoms with Crippen molar-refractivity contribution in [1.82, 2.24) is 24.3 Å². The monoisotopic (exact) mass is 481 g/mol. The number of nitrogens with one attached hydrogen (secondary N) is 1. The van der Waals surface area contributed by atoms with E-state index in [1.54, 1.807) is 31.3 Å². The topological polar surface area (TPSA) is 134 Å². The van der Waals surface area contributed by atoms with Gasteiger partial charge in [-0.15, -0.1) is 0 Å². The van der Waals surface area contributed by atoms with Gasteiger partial charge in [-0.3, -0.25) is 14.3 Å². The van der Waals surface area contributed by atoms with Crippen LogP contribution in [0.5, 0.6) is 5.75 Å². The molecule has 0 aliphatic heterocycles. The second-order valence-corrected chi connectivity index (χ2v) is 8.22. The minimum absolute atomic E-state index is 0.157. The molecule has 4 rings (SSSR count). The maximum absolute atomic E-state index is 12.6. The number of H-pyrrole nitrogens is 1. The molecule has 11 heteroatoms. The van der Waals surface area contributed by atoms with E-state index < -0.39 is 17.2 Å². The predicted molar refractivity (Wildman–Crippen MR) is 126 cm³/mol. The molecule has 0 radical (unpaired) electrons. The van der Waals surface area contributed by atoms with Gasteiger partial charge in [0.2, 0.25) is 0 Å². The van der Waals surface area contributed by atoms with Gasteiger partial charge in [0.1, 0.15) is 30.5 Å². The third-order valence-electron chi connectivity index (χ3n) is 5.83. The molecule has 184 valence electrons. The van der Waals surface area contributed by atoms with Gasteiger partial charge >= 0.3 is 11.7 Å². The summed E-state index contributed by atoms with van der Waals surface area (Å²) in [5.74, 6) is 1.09. The summed E-state index contributed by atoms with van der Waals surface area (Å²) in [4.78, 5) is 43.9. The van der Waals surface area contributed by atoms with Crippen LogP contribution in [0.2, 0.25) is 0 Å². The molecule has 35 heavy (non-hydrogen) atoms. The van der Waals surface area contributed by atoms with Crippen LogP contribution >= 0.6 is 0 Å². The van der Waals surface area contributed by atoms with E-state index in [1.807, 2.05) is 20.8 Å². The number of benzene rings is 1. The van der Waals surface area contributed by atoms with Crippen molar-refractivity contribution < 1.29 is 18.8 Å². The van der Waals surface area contributed by atoms with Crippen LogP contribution in [0.1, 0.15) is 53.0 Å². The van der Waals surface area contributed by atoms with Gasteiger partial charge in [-0.25, -0.2) is 14.6 Å². The molecule has 0 spiro atoms. The summed E-state index contributed by atoms with van der Waals surface area (Å²) in [5.41, 5.74) is 1.49.